The van der Waals surface area contributed by atoms with E-state index in [9.17, 15) is 0 Å². The fourth-order valence-corrected chi connectivity index (χ4v) is 1.77. The molecule has 5 heteroatoms. The fraction of sp³-hybridized carbons (Fsp3) is 0.167. The summed E-state index contributed by atoms with van der Waals surface area (Å²) in [4.78, 5) is 7.35. The van der Waals surface area contributed by atoms with E-state index in [1.165, 1.54) is 0 Å². The molecule has 1 aromatic carbocycles. The van der Waals surface area contributed by atoms with E-state index in [0.717, 1.165) is 17.1 Å². The Kier molecular flexibility index (Phi) is 3.68. The van der Waals surface area contributed by atoms with Gasteiger partial charge in [-0.15, -0.1) is 0 Å². The van der Waals surface area contributed by atoms with Crippen LogP contribution in [0.15, 0.2) is 24.4 Å². The molecule has 0 aliphatic rings. The molecule has 0 amide bonds. The lowest BCUT2D eigenvalue weighted by Crippen LogP contribution is -1.86. The molecule has 1 heterocycles. The molecule has 86 valence electrons. The molecule has 2 rings (SSSR count). The highest BCUT2D eigenvalue weighted by Gasteiger charge is 2.05. The van der Waals surface area contributed by atoms with Crippen LogP contribution in [0.25, 0.3) is 11.3 Å². The summed E-state index contributed by atoms with van der Waals surface area (Å²) in [6, 6.07) is 7.48. The summed E-state index contributed by atoms with van der Waals surface area (Å²) >= 11 is 11.8. The number of nitrogens with zero attached hydrogens (tertiary/aromatic N) is 2. The van der Waals surface area contributed by atoms with Crippen LogP contribution in [0, 0.1) is 11.3 Å². The molecular weight excluding hydrogens is 257 g/mol. The van der Waals surface area contributed by atoms with Gasteiger partial charge in [-0.1, -0.05) is 29.3 Å². The topological polar surface area (TPSA) is 52.5 Å². The third kappa shape index (κ3) is 2.79. The third-order valence-corrected chi connectivity index (χ3v) is 3.07. The van der Waals surface area contributed by atoms with Crippen LogP contribution < -0.4 is 0 Å². The van der Waals surface area contributed by atoms with Crippen molar-refractivity contribution >= 4 is 23.2 Å². The van der Waals surface area contributed by atoms with Crippen LogP contribution in [-0.4, -0.2) is 9.97 Å². The monoisotopic (exact) mass is 265 g/mol. The summed E-state index contributed by atoms with van der Waals surface area (Å²) in [5.74, 6) is 0.799. The molecule has 0 bridgehead atoms. The minimum atomic E-state index is 0.453. The van der Waals surface area contributed by atoms with E-state index < -0.39 is 0 Å². The van der Waals surface area contributed by atoms with Crippen molar-refractivity contribution in [3.05, 3.63) is 40.3 Å². The van der Waals surface area contributed by atoms with Crippen molar-refractivity contribution in [1.29, 1.82) is 5.26 Å². The zero-order valence-electron chi connectivity index (χ0n) is 8.87. The summed E-state index contributed by atoms with van der Waals surface area (Å²) in [5, 5.41) is 9.53. The minimum absolute atomic E-state index is 0.453. The highest BCUT2D eigenvalue weighted by Crippen LogP contribution is 2.27. The van der Waals surface area contributed by atoms with E-state index in [1.54, 1.807) is 18.3 Å². The average molecular weight is 266 g/mol. The molecule has 17 heavy (non-hydrogen) atoms. The standard InChI is InChI=1S/C12H9Cl2N3/c13-9-4-3-8(6-10(9)14)11-7-16-12(17-11)2-1-5-15/h3-4,6-7H,1-2H2,(H,16,17). The number of aromatic amines is 1. The SMILES string of the molecule is N#CCCc1ncc(-c2ccc(Cl)c(Cl)c2)[nH]1. The summed E-state index contributed by atoms with van der Waals surface area (Å²) in [7, 11) is 0. The number of nitriles is 1. The van der Waals surface area contributed by atoms with Crippen molar-refractivity contribution in [2.75, 3.05) is 0 Å². The van der Waals surface area contributed by atoms with Crippen molar-refractivity contribution < 1.29 is 0 Å². The molecule has 1 aromatic heterocycles. The van der Waals surface area contributed by atoms with E-state index in [1.807, 2.05) is 6.07 Å². The van der Waals surface area contributed by atoms with Gasteiger partial charge in [-0.2, -0.15) is 5.26 Å². The first-order valence-electron chi connectivity index (χ1n) is 5.07. The molecule has 3 nitrogen and oxygen atoms in total. The Morgan fingerprint density at radius 2 is 2.12 bits per heavy atom. The van der Waals surface area contributed by atoms with E-state index in [-0.39, 0.29) is 0 Å². The first kappa shape index (κ1) is 12.0. The van der Waals surface area contributed by atoms with Gasteiger partial charge in [-0.05, 0) is 12.1 Å². The van der Waals surface area contributed by atoms with Crippen LogP contribution in [0.4, 0.5) is 0 Å². The number of benzene rings is 1. The van der Waals surface area contributed by atoms with Gasteiger partial charge in [-0.25, -0.2) is 4.98 Å². The Morgan fingerprint density at radius 3 is 2.82 bits per heavy atom. The third-order valence-electron chi connectivity index (χ3n) is 2.33. The highest BCUT2D eigenvalue weighted by atomic mass is 35.5. The highest BCUT2D eigenvalue weighted by molar-refractivity contribution is 6.42. The average Bonchev–Trinajstić information content (AvgIpc) is 2.79. The fourth-order valence-electron chi connectivity index (χ4n) is 1.47. The number of nitrogens with one attached hydrogen (secondary N) is 1. The van der Waals surface area contributed by atoms with Crippen molar-refractivity contribution in [3.63, 3.8) is 0 Å². The summed E-state index contributed by atoms with van der Waals surface area (Å²) in [6.45, 7) is 0. The van der Waals surface area contributed by atoms with Crippen LogP contribution in [0.1, 0.15) is 12.2 Å². The molecule has 0 unspecified atom stereocenters. The lowest BCUT2D eigenvalue weighted by atomic mass is 10.2. The van der Waals surface area contributed by atoms with Gasteiger partial charge in [0.25, 0.3) is 0 Å². The number of aryl methyl sites for hydroxylation is 1. The predicted molar refractivity (Wildman–Crippen MR) is 68.0 cm³/mol. The van der Waals surface area contributed by atoms with Crippen LogP contribution in [0.5, 0.6) is 0 Å². The summed E-state index contributed by atoms with van der Waals surface area (Å²) in [6.07, 6.45) is 2.80. The number of hydrogen-bond donors (Lipinski definition) is 1. The van der Waals surface area contributed by atoms with E-state index >= 15 is 0 Å². The molecule has 0 aliphatic carbocycles. The van der Waals surface area contributed by atoms with Crippen molar-refractivity contribution in [3.8, 4) is 17.3 Å². The molecule has 0 radical (unpaired) electrons. The Labute approximate surface area is 109 Å². The number of hydrogen-bond acceptors (Lipinski definition) is 2. The van der Waals surface area contributed by atoms with Gasteiger partial charge in [0.1, 0.15) is 5.82 Å². The zero-order chi connectivity index (χ0) is 12.3. The molecular formula is C12H9Cl2N3. The van der Waals surface area contributed by atoms with Crippen LogP contribution in [0.2, 0.25) is 10.0 Å². The van der Waals surface area contributed by atoms with Gasteiger partial charge < -0.3 is 4.98 Å². The molecule has 0 atom stereocenters. The Bertz CT molecular complexity index is 569. The van der Waals surface area contributed by atoms with Gasteiger partial charge in [-0.3, -0.25) is 0 Å². The second kappa shape index (κ2) is 5.22. The van der Waals surface area contributed by atoms with Crippen LogP contribution in [-0.2, 0) is 6.42 Å². The molecule has 0 saturated heterocycles. The molecule has 0 aliphatic heterocycles. The Morgan fingerprint density at radius 1 is 1.29 bits per heavy atom. The molecule has 1 N–H and O–H groups in total. The Balaban J connectivity index is 2.25. The van der Waals surface area contributed by atoms with Crippen LogP contribution in [0.3, 0.4) is 0 Å². The van der Waals surface area contributed by atoms with Crippen LogP contribution >= 0.6 is 23.2 Å². The number of imidazole rings is 1. The first-order chi connectivity index (χ1) is 8.20. The first-order valence-corrected chi connectivity index (χ1v) is 5.82. The second-order valence-electron chi connectivity index (χ2n) is 3.53. The molecule has 2 aromatic rings. The summed E-state index contributed by atoms with van der Waals surface area (Å²) in [5.41, 5.74) is 1.80. The quantitative estimate of drug-likeness (QED) is 0.917. The van der Waals surface area contributed by atoms with E-state index in [4.69, 9.17) is 28.5 Å². The van der Waals surface area contributed by atoms with Gasteiger partial charge in [0.15, 0.2) is 0 Å². The largest absolute Gasteiger partial charge is 0.342 e. The lowest BCUT2D eigenvalue weighted by Gasteiger charge is -2.00. The predicted octanol–water partition coefficient (Wildman–Crippen LogP) is 3.84. The maximum atomic E-state index is 8.49. The summed E-state index contributed by atoms with van der Waals surface area (Å²) < 4.78 is 0. The van der Waals surface area contributed by atoms with Gasteiger partial charge in [0.2, 0.25) is 0 Å². The number of rotatable bonds is 3. The molecule has 0 saturated carbocycles. The maximum Gasteiger partial charge on any atom is 0.107 e. The number of halogens is 2. The van der Waals surface area contributed by atoms with E-state index in [0.29, 0.717) is 22.9 Å². The van der Waals surface area contributed by atoms with Gasteiger partial charge in [0, 0.05) is 18.4 Å². The van der Waals surface area contributed by atoms with Crippen molar-refractivity contribution in [1.82, 2.24) is 9.97 Å². The second-order valence-corrected chi connectivity index (χ2v) is 4.34. The normalized spacial score (nSPS) is 10.2. The molecule has 0 spiro atoms. The smallest absolute Gasteiger partial charge is 0.107 e. The van der Waals surface area contributed by atoms with E-state index in [2.05, 4.69) is 16.0 Å². The zero-order valence-corrected chi connectivity index (χ0v) is 10.4. The Hall–Kier alpha value is -1.50. The van der Waals surface area contributed by atoms with Crippen molar-refractivity contribution in [2.45, 2.75) is 12.8 Å². The number of aromatic nitrogens is 2. The molecule has 0 fully saturated rings. The minimum Gasteiger partial charge on any atom is -0.342 e. The lowest BCUT2D eigenvalue weighted by molar-refractivity contribution is 0.918. The van der Waals surface area contributed by atoms with Gasteiger partial charge in [0.05, 0.1) is 28.0 Å². The number of H-pyrrole nitrogens is 1. The van der Waals surface area contributed by atoms with Crippen molar-refractivity contribution in [2.24, 2.45) is 0 Å². The van der Waals surface area contributed by atoms with Gasteiger partial charge >= 0.3 is 0 Å². The maximum absolute atomic E-state index is 8.49.